The maximum Gasteiger partial charge on any atom is 0.573 e. The van der Waals surface area contributed by atoms with Crippen LogP contribution in [0.5, 0.6) is 5.75 Å². The van der Waals surface area contributed by atoms with E-state index in [1.54, 1.807) is 12.3 Å². The van der Waals surface area contributed by atoms with Crippen LogP contribution >= 0.6 is 0 Å². The van der Waals surface area contributed by atoms with Crippen molar-refractivity contribution >= 4 is 11.5 Å². The lowest BCUT2D eigenvalue weighted by atomic mass is 10.0. The standard InChI is InChI=1S/C18H16F3N3O/c19-18(20,21)25-14-4-3-13-11-23-17(15(13)10-14)12-5-6-22-16(9-12)24-7-1-2-8-24/h3-6,9-10H,1-2,7-8,11H2. The van der Waals surface area contributed by atoms with Crippen molar-refractivity contribution in [2.24, 2.45) is 4.99 Å². The molecule has 2 aliphatic heterocycles. The minimum atomic E-state index is -4.70. The van der Waals surface area contributed by atoms with E-state index in [0.717, 1.165) is 42.9 Å². The third-order valence-electron chi connectivity index (χ3n) is 4.43. The summed E-state index contributed by atoms with van der Waals surface area (Å²) < 4.78 is 41.5. The molecule has 2 aliphatic rings. The number of aromatic nitrogens is 1. The predicted octanol–water partition coefficient (Wildman–Crippen LogP) is 3.93. The highest BCUT2D eigenvalue weighted by molar-refractivity contribution is 6.15. The van der Waals surface area contributed by atoms with Crippen molar-refractivity contribution in [2.75, 3.05) is 18.0 Å². The predicted molar refractivity (Wildman–Crippen MR) is 88.2 cm³/mol. The molecular weight excluding hydrogens is 331 g/mol. The van der Waals surface area contributed by atoms with Crippen LogP contribution in [0, 0.1) is 0 Å². The molecule has 1 fully saturated rings. The number of alkyl halides is 3. The largest absolute Gasteiger partial charge is 0.573 e. The van der Waals surface area contributed by atoms with E-state index in [1.165, 1.54) is 12.1 Å². The average Bonchev–Trinajstić information content (AvgIpc) is 3.23. The third kappa shape index (κ3) is 3.31. The van der Waals surface area contributed by atoms with E-state index < -0.39 is 6.36 Å². The fourth-order valence-electron chi connectivity index (χ4n) is 3.29. The van der Waals surface area contributed by atoms with Crippen LogP contribution in [-0.4, -0.2) is 30.1 Å². The van der Waals surface area contributed by atoms with Crippen molar-refractivity contribution in [3.05, 3.63) is 53.2 Å². The Morgan fingerprint density at radius 1 is 1.04 bits per heavy atom. The summed E-state index contributed by atoms with van der Waals surface area (Å²) in [4.78, 5) is 11.1. The zero-order valence-electron chi connectivity index (χ0n) is 13.4. The number of hydrogen-bond acceptors (Lipinski definition) is 4. The van der Waals surface area contributed by atoms with Crippen LogP contribution in [0.1, 0.15) is 29.5 Å². The molecule has 1 saturated heterocycles. The molecule has 0 atom stereocenters. The number of aliphatic imine (C=N–C) groups is 1. The Balaban J connectivity index is 1.65. The number of rotatable bonds is 3. The second-order valence-corrected chi connectivity index (χ2v) is 6.13. The van der Waals surface area contributed by atoms with E-state index in [1.807, 2.05) is 12.1 Å². The molecular formula is C18H16F3N3O. The van der Waals surface area contributed by atoms with Crippen LogP contribution in [-0.2, 0) is 6.54 Å². The highest BCUT2D eigenvalue weighted by Gasteiger charge is 2.32. The minimum Gasteiger partial charge on any atom is -0.406 e. The van der Waals surface area contributed by atoms with E-state index in [0.29, 0.717) is 17.8 Å². The first-order valence-corrected chi connectivity index (χ1v) is 8.14. The van der Waals surface area contributed by atoms with Gasteiger partial charge in [-0.05, 0) is 42.7 Å². The summed E-state index contributed by atoms with van der Waals surface area (Å²) in [7, 11) is 0. The monoisotopic (exact) mass is 347 g/mol. The van der Waals surface area contributed by atoms with Crippen LogP contribution < -0.4 is 9.64 Å². The second kappa shape index (κ2) is 6.06. The van der Waals surface area contributed by atoms with E-state index in [9.17, 15) is 13.2 Å². The Kier molecular flexibility index (Phi) is 3.86. The molecule has 1 aromatic carbocycles. The van der Waals surface area contributed by atoms with E-state index >= 15 is 0 Å². The van der Waals surface area contributed by atoms with Gasteiger partial charge in [0.15, 0.2) is 0 Å². The van der Waals surface area contributed by atoms with Crippen LogP contribution in [0.25, 0.3) is 0 Å². The fourth-order valence-corrected chi connectivity index (χ4v) is 3.29. The molecule has 0 radical (unpaired) electrons. The molecule has 25 heavy (non-hydrogen) atoms. The number of pyridine rings is 1. The number of fused-ring (bicyclic) bond motifs is 1. The Morgan fingerprint density at radius 2 is 1.84 bits per heavy atom. The lowest BCUT2D eigenvalue weighted by Crippen LogP contribution is -2.19. The van der Waals surface area contributed by atoms with Crippen molar-refractivity contribution in [3.63, 3.8) is 0 Å². The molecule has 1 aromatic heterocycles. The lowest BCUT2D eigenvalue weighted by Gasteiger charge is -2.17. The van der Waals surface area contributed by atoms with Crippen molar-refractivity contribution in [1.29, 1.82) is 0 Å². The third-order valence-corrected chi connectivity index (χ3v) is 4.43. The van der Waals surface area contributed by atoms with E-state index in [2.05, 4.69) is 19.6 Å². The van der Waals surface area contributed by atoms with E-state index in [-0.39, 0.29) is 5.75 Å². The summed E-state index contributed by atoms with van der Waals surface area (Å²) in [6.45, 7) is 2.41. The topological polar surface area (TPSA) is 37.7 Å². The molecule has 130 valence electrons. The van der Waals surface area contributed by atoms with Gasteiger partial charge in [0.25, 0.3) is 0 Å². The van der Waals surface area contributed by atoms with Crippen LogP contribution in [0.4, 0.5) is 19.0 Å². The quantitative estimate of drug-likeness (QED) is 0.844. The summed E-state index contributed by atoms with van der Waals surface area (Å²) in [5, 5.41) is 0. The van der Waals surface area contributed by atoms with Crippen LogP contribution in [0.15, 0.2) is 41.5 Å². The van der Waals surface area contributed by atoms with Gasteiger partial charge in [-0.15, -0.1) is 13.2 Å². The molecule has 0 aliphatic carbocycles. The summed E-state index contributed by atoms with van der Waals surface area (Å²) >= 11 is 0. The average molecular weight is 347 g/mol. The van der Waals surface area contributed by atoms with Gasteiger partial charge in [0.05, 0.1) is 12.3 Å². The summed E-state index contributed by atoms with van der Waals surface area (Å²) in [5.74, 6) is 0.656. The Labute approximate surface area is 143 Å². The van der Waals surface area contributed by atoms with Gasteiger partial charge in [-0.2, -0.15) is 0 Å². The fraction of sp³-hybridized carbons (Fsp3) is 0.333. The molecule has 7 heteroatoms. The number of halogens is 3. The molecule has 0 unspecified atom stereocenters. The van der Waals surface area contributed by atoms with Gasteiger partial charge in [-0.3, -0.25) is 4.99 Å². The summed E-state index contributed by atoms with van der Waals surface area (Å²) in [6.07, 6.45) is -0.690. The van der Waals surface area contributed by atoms with Gasteiger partial charge >= 0.3 is 6.36 Å². The van der Waals surface area contributed by atoms with Gasteiger partial charge < -0.3 is 9.64 Å². The van der Waals surface area contributed by atoms with Crippen molar-refractivity contribution < 1.29 is 17.9 Å². The molecule has 4 rings (SSSR count). The highest BCUT2D eigenvalue weighted by atomic mass is 19.4. The molecule has 2 aromatic rings. The first-order chi connectivity index (χ1) is 12.0. The molecule has 0 bridgehead atoms. The lowest BCUT2D eigenvalue weighted by molar-refractivity contribution is -0.274. The Bertz CT molecular complexity index is 827. The maximum absolute atomic E-state index is 12.5. The SMILES string of the molecule is FC(F)(F)Oc1ccc2c(c1)C(c1ccnc(N3CCCC3)c1)=NC2. The Hall–Kier alpha value is -2.57. The van der Waals surface area contributed by atoms with Crippen molar-refractivity contribution in [1.82, 2.24) is 4.98 Å². The number of hydrogen-bond donors (Lipinski definition) is 0. The maximum atomic E-state index is 12.5. The smallest absolute Gasteiger partial charge is 0.406 e. The zero-order chi connectivity index (χ0) is 17.4. The molecule has 0 saturated carbocycles. The summed E-state index contributed by atoms with van der Waals surface area (Å²) in [5.41, 5.74) is 3.12. The molecule has 0 spiro atoms. The highest BCUT2D eigenvalue weighted by Crippen LogP contribution is 2.30. The number of benzene rings is 1. The second-order valence-electron chi connectivity index (χ2n) is 6.13. The van der Waals surface area contributed by atoms with Gasteiger partial charge in [-0.1, -0.05) is 6.07 Å². The van der Waals surface area contributed by atoms with Crippen LogP contribution in [0.3, 0.4) is 0 Å². The summed E-state index contributed by atoms with van der Waals surface area (Å²) in [6, 6.07) is 8.16. The minimum absolute atomic E-state index is 0.227. The zero-order valence-corrected chi connectivity index (χ0v) is 13.4. The van der Waals surface area contributed by atoms with Crippen molar-refractivity contribution in [2.45, 2.75) is 25.7 Å². The van der Waals surface area contributed by atoms with Crippen molar-refractivity contribution in [3.8, 4) is 5.75 Å². The number of nitrogens with zero attached hydrogens (tertiary/aromatic N) is 3. The number of ether oxygens (including phenoxy) is 1. The first-order valence-electron chi connectivity index (χ1n) is 8.14. The molecule has 4 nitrogen and oxygen atoms in total. The van der Waals surface area contributed by atoms with Crippen LogP contribution in [0.2, 0.25) is 0 Å². The Morgan fingerprint density at radius 3 is 2.60 bits per heavy atom. The van der Waals surface area contributed by atoms with Gasteiger partial charge in [0.2, 0.25) is 0 Å². The molecule has 0 N–H and O–H groups in total. The normalized spacial score (nSPS) is 16.8. The van der Waals surface area contributed by atoms with Gasteiger partial charge in [0, 0.05) is 30.4 Å². The van der Waals surface area contributed by atoms with Gasteiger partial charge in [-0.25, -0.2) is 4.98 Å². The molecule has 3 heterocycles. The molecule has 0 amide bonds. The van der Waals surface area contributed by atoms with E-state index in [4.69, 9.17) is 0 Å². The van der Waals surface area contributed by atoms with Gasteiger partial charge in [0.1, 0.15) is 11.6 Å². The first kappa shape index (κ1) is 15.9. The number of anilines is 1.